The molecule has 1 aromatic heterocycles. The number of aromatic nitrogens is 1. The SMILES string of the molecule is CCCC(=O)c1cc(O)[nH]c(=O)c1. The quantitative estimate of drug-likeness (QED) is 0.685. The average molecular weight is 181 g/mol. The number of carbonyl (C=O) groups is 1. The van der Waals surface area contributed by atoms with Crippen LogP contribution in [0.15, 0.2) is 16.9 Å². The summed E-state index contributed by atoms with van der Waals surface area (Å²) in [6.07, 6.45) is 1.12. The second-order valence-electron chi connectivity index (χ2n) is 2.79. The second kappa shape index (κ2) is 3.89. The zero-order valence-corrected chi connectivity index (χ0v) is 7.33. The number of rotatable bonds is 3. The number of carbonyl (C=O) groups excluding carboxylic acids is 1. The molecule has 4 nitrogen and oxygen atoms in total. The van der Waals surface area contributed by atoms with Gasteiger partial charge in [-0.1, -0.05) is 6.92 Å². The molecule has 70 valence electrons. The van der Waals surface area contributed by atoms with E-state index in [9.17, 15) is 9.59 Å². The van der Waals surface area contributed by atoms with Crippen molar-refractivity contribution in [1.82, 2.24) is 4.98 Å². The first-order valence-corrected chi connectivity index (χ1v) is 4.10. The van der Waals surface area contributed by atoms with Crippen molar-refractivity contribution in [3.8, 4) is 5.88 Å². The van der Waals surface area contributed by atoms with E-state index < -0.39 is 5.56 Å². The van der Waals surface area contributed by atoms with Gasteiger partial charge in [0.2, 0.25) is 0 Å². The average Bonchev–Trinajstić information content (AvgIpc) is 2.03. The standard InChI is InChI=1S/C9H11NO3/c1-2-3-7(11)6-4-8(12)10-9(13)5-6/h4-5H,2-3H2,1H3,(H2,10,12,13). The molecular formula is C9H11NO3. The molecule has 1 heterocycles. The Labute approximate surface area is 75.2 Å². The third-order valence-corrected chi connectivity index (χ3v) is 1.63. The zero-order chi connectivity index (χ0) is 9.84. The van der Waals surface area contributed by atoms with Crippen LogP contribution in [0.1, 0.15) is 30.1 Å². The van der Waals surface area contributed by atoms with Gasteiger partial charge in [0.1, 0.15) is 0 Å². The fraction of sp³-hybridized carbons (Fsp3) is 0.333. The third-order valence-electron chi connectivity index (χ3n) is 1.63. The van der Waals surface area contributed by atoms with Crippen molar-refractivity contribution in [3.63, 3.8) is 0 Å². The smallest absolute Gasteiger partial charge is 0.251 e. The molecule has 13 heavy (non-hydrogen) atoms. The molecule has 0 atom stereocenters. The van der Waals surface area contributed by atoms with Crippen LogP contribution in [0.2, 0.25) is 0 Å². The molecule has 0 saturated heterocycles. The summed E-state index contributed by atoms with van der Waals surface area (Å²) in [7, 11) is 0. The summed E-state index contributed by atoms with van der Waals surface area (Å²) < 4.78 is 0. The second-order valence-corrected chi connectivity index (χ2v) is 2.79. The van der Waals surface area contributed by atoms with E-state index in [1.165, 1.54) is 12.1 Å². The van der Waals surface area contributed by atoms with Crippen molar-refractivity contribution < 1.29 is 9.90 Å². The summed E-state index contributed by atoms with van der Waals surface area (Å²) in [6.45, 7) is 1.88. The van der Waals surface area contributed by atoms with E-state index in [1.807, 2.05) is 6.92 Å². The van der Waals surface area contributed by atoms with Crippen LogP contribution in [-0.2, 0) is 0 Å². The van der Waals surface area contributed by atoms with Crippen molar-refractivity contribution in [2.75, 3.05) is 0 Å². The van der Waals surface area contributed by atoms with Crippen molar-refractivity contribution in [3.05, 3.63) is 28.0 Å². The summed E-state index contributed by atoms with van der Waals surface area (Å²) in [5.74, 6) is -0.393. The van der Waals surface area contributed by atoms with Gasteiger partial charge in [0.15, 0.2) is 11.7 Å². The zero-order valence-electron chi connectivity index (χ0n) is 7.33. The van der Waals surface area contributed by atoms with E-state index in [4.69, 9.17) is 5.11 Å². The third kappa shape index (κ3) is 2.43. The molecule has 0 saturated carbocycles. The Morgan fingerprint density at radius 1 is 1.54 bits per heavy atom. The van der Waals surface area contributed by atoms with Crippen LogP contribution in [0.3, 0.4) is 0 Å². The number of Topliss-reactive ketones (excluding diaryl/α,β-unsaturated/α-hetero) is 1. The summed E-state index contributed by atoms with van der Waals surface area (Å²) in [5, 5.41) is 9.00. The maximum Gasteiger partial charge on any atom is 0.251 e. The molecular weight excluding hydrogens is 170 g/mol. The highest BCUT2D eigenvalue weighted by Gasteiger charge is 2.06. The Morgan fingerprint density at radius 2 is 2.23 bits per heavy atom. The maximum absolute atomic E-state index is 11.3. The Morgan fingerprint density at radius 3 is 2.77 bits per heavy atom. The van der Waals surface area contributed by atoms with Crippen molar-refractivity contribution in [2.45, 2.75) is 19.8 Å². The molecule has 0 spiro atoms. The number of nitrogens with one attached hydrogen (secondary N) is 1. The number of hydrogen-bond acceptors (Lipinski definition) is 3. The number of ketones is 1. The summed E-state index contributed by atoms with van der Waals surface area (Å²) in [4.78, 5) is 24.3. The minimum Gasteiger partial charge on any atom is -0.494 e. The molecule has 1 rings (SSSR count). The van der Waals surface area contributed by atoms with Crippen LogP contribution < -0.4 is 5.56 Å². The highest BCUT2D eigenvalue weighted by atomic mass is 16.3. The molecule has 0 radical (unpaired) electrons. The normalized spacial score (nSPS) is 9.92. The van der Waals surface area contributed by atoms with E-state index in [0.717, 1.165) is 6.42 Å². The van der Waals surface area contributed by atoms with Crippen LogP contribution in [-0.4, -0.2) is 15.9 Å². The first-order chi connectivity index (χ1) is 6.13. The van der Waals surface area contributed by atoms with Gasteiger partial charge in [-0.15, -0.1) is 0 Å². The van der Waals surface area contributed by atoms with Gasteiger partial charge in [0.25, 0.3) is 5.56 Å². The van der Waals surface area contributed by atoms with Crippen LogP contribution in [0, 0.1) is 0 Å². The minimum atomic E-state index is -0.459. The summed E-state index contributed by atoms with van der Waals surface area (Å²) >= 11 is 0. The molecule has 4 heteroatoms. The van der Waals surface area contributed by atoms with E-state index in [0.29, 0.717) is 6.42 Å². The van der Waals surface area contributed by atoms with Gasteiger partial charge in [-0.3, -0.25) is 14.6 Å². The minimum absolute atomic E-state index is 0.121. The van der Waals surface area contributed by atoms with Gasteiger partial charge in [-0.05, 0) is 6.42 Å². The molecule has 0 aliphatic heterocycles. The largest absolute Gasteiger partial charge is 0.494 e. The monoisotopic (exact) mass is 181 g/mol. The first kappa shape index (κ1) is 9.51. The fourth-order valence-electron chi connectivity index (χ4n) is 1.06. The Kier molecular flexibility index (Phi) is 2.84. The van der Waals surface area contributed by atoms with Crippen molar-refractivity contribution >= 4 is 5.78 Å². The Hall–Kier alpha value is -1.58. The van der Waals surface area contributed by atoms with Crippen molar-refractivity contribution in [2.24, 2.45) is 0 Å². The van der Waals surface area contributed by atoms with Gasteiger partial charge in [-0.25, -0.2) is 0 Å². The van der Waals surface area contributed by atoms with Crippen LogP contribution in [0.4, 0.5) is 0 Å². The molecule has 0 aromatic carbocycles. The number of aromatic hydroxyl groups is 1. The summed E-state index contributed by atoms with van der Waals surface area (Å²) in [5.41, 5.74) is -0.192. The Balaban J connectivity index is 3.01. The molecule has 0 fully saturated rings. The van der Waals surface area contributed by atoms with Crippen molar-refractivity contribution in [1.29, 1.82) is 0 Å². The lowest BCUT2D eigenvalue weighted by molar-refractivity contribution is 0.0981. The first-order valence-electron chi connectivity index (χ1n) is 4.10. The lowest BCUT2D eigenvalue weighted by Crippen LogP contribution is -2.08. The molecule has 0 bridgehead atoms. The van der Waals surface area contributed by atoms with E-state index in [1.54, 1.807) is 0 Å². The number of aromatic amines is 1. The predicted octanol–water partition coefficient (Wildman–Crippen LogP) is 1.06. The van der Waals surface area contributed by atoms with E-state index in [2.05, 4.69) is 4.98 Å². The van der Waals surface area contributed by atoms with Gasteiger partial charge in [0, 0.05) is 24.1 Å². The van der Waals surface area contributed by atoms with Crippen LogP contribution in [0.25, 0.3) is 0 Å². The highest BCUT2D eigenvalue weighted by molar-refractivity contribution is 5.96. The van der Waals surface area contributed by atoms with Crippen LogP contribution >= 0.6 is 0 Å². The lowest BCUT2D eigenvalue weighted by atomic mass is 10.1. The molecule has 0 unspecified atom stereocenters. The molecule has 0 aliphatic rings. The summed E-state index contributed by atoms with van der Waals surface area (Å²) in [6, 6.07) is 2.46. The van der Waals surface area contributed by atoms with E-state index >= 15 is 0 Å². The molecule has 1 aromatic rings. The lowest BCUT2D eigenvalue weighted by Gasteiger charge is -1.98. The van der Waals surface area contributed by atoms with Crippen LogP contribution in [0.5, 0.6) is 5.88 Å². The molecule has 2 N–H and O–H groups in total. The van der Waals surface area contributed by atoms with Gasteiger partial charge >= 0.3 is 0 Å². The number of H-pyrrole nitrogens is 1. The van der Waals surface area contributed by atoms with Gasteiger partial charge < -0.3 is 5.11 Å². The molecule has 0 amide bonds. The Bertz CT molecular complexity index is 367. The topological polar surface area (TPSA) is 70.2 Å². The molecule has 0 aliphatic carbocycles. The number of pyridine rings is 1. The predicted molar refractivity (Wildman–Crippen MR) is 48.0 cm³/mol. The van der Waals surface area contributed by atoms with Gasteiger partial charge in [0.05, 0.1) is 0 Å². The number of hydrogen-bond donors (Lipinski definition) is 2. The fourth-order valence-corrected chi connectivity index (χ4v) is 1.06. The van der Waals surface area contributed by atoms with E-state index in [-0.39, 0.29) is 17.2 Å². The van der Waals surface area contributed by atoms with Gasteiger partial charge in [-0.2, -0.15) is 0 Å². The maximum atomic E-state index is 11.3. The highest BCUT2D eigenvalue weighted by Crippen LogP contribution is 2.07.